The first kappa shape index (κ1) is 31.7. The van der Waals surface area contributed by atoms with Gasteiger partial charge in [0.15, 0.2) is 0 Å². The molecule has 3 rings (SSSR count). The second-order valence-electron chi connectivity index (χ2n) is 10.5. The van der Waals surface area contributed by atoms with Crippen LogP contribution in [0.15, 0.2) is 78.9 Å². The van der Waals surface area contributed by atoms with Crippen molar-refractivity contribution >= 4 is 29.8 Å². The Morgan fingerprint density at radius 3 is 2.21 bits per heavy atom. The molecule has 0 unspecified atom stereocenters. The highest BCUT2D eigenvalue weighted by Gasteiger charge is 2.24. The SMILES string of the molecule is COC(=O)c1ccc(-c2cccc(NC(=O)[C@H](CCCNC(=O)OCc3ccccc3)NC(=O)OC(C)(C)C)c2)cc1. The second kappa shape index (κ2) is 15.2. The Bertz CT molecular complexity index is 1350. The molecule has 0 aliphatic heterocycles. The highest BCUT2D eigenvalue weighted by Crippen LogP contribution is 2.23. The molecule has 0 bridgehead atoms. The second-order valence-corrected chi connectivity index (χ2v) is 10.5. The van der Waals surface area contributed by atoms with Crippen LogP contribution in [0.25, 0.3) is 11.1 Å². The van der Waals surface area contributed by atoms with Crippen molar-refractivity contribution in [1.82, 2.24) is 10.6 Å². The molecule has 0 aliphatic rings. The molecule has 0 spiro atoms. The van der Waals surface area contributed by atoms with Gasteiger partial charge in [-0.25, -0.2) is 14.4 Å². The van der Waals surface area contributed by atoms with E-state index in [0.717, 1.165) is 16.7 Å². The topological polar surface area (TPSA) is 132 Å². The van der Waals surface area contributed by atoms with Crippen molar-refractivity contribution in [3.63, 3.8) is 0 Å². The van der Waals surface area contributed by atoms with Crippen LogP contribution in [0.2, 0.25) is 0 Å². The smallest absolute Gasteiger partial charge is 0.408 e. The molecule has 0 saturated heterocycles. The third-order valence-corrected chi connectivity index (χ3v) is 5.93. The monoisotopic (exact) mass is 575 g/mol. The minimum absolute atomic E-state index is 0.145. The Labute approximate surface area is 245 Å². The van der Waals surface area contributed by atoms with Crippen molar-refractivity contribution in [2.45, 2.75) is 51.9 Å². The number of carbonyl (C=O) groups is 4. The summed E-state index contributed by atoms with van der Waals surface area (Å²) in [7, 11) is 1.32. The molecule has 3 N–H and O–H groups in total. The number of nitrogens with one attached hydrogen (secondary N) is 3. The molecular weight excluding hydrogens is 538 g/mol. The van der Waals surface area contributed by atoms with Crippen molar-refractivity contribution < 1.29 is 33.4 Å². The number of esters is 1. The summed E-state index contributed by atoms with van der Waals surface area (Å²) in [5, 5.41) is 8.15. The lowest BCUT2D eigenvalue weighted by Crippen LogP contribution is -2.46. The number of benzene rings is 3. The Morgan fingerprint density at radius 1 is 0.833 bits per heavy atom. The molecule has 0 aliphatic carbocycles. The fourth-order valence-corrected chi connectivity index (χ4v) is 3.91. The summed E-state index contributed by atoms with van der Waals surface area (Å²) >= 11 is 0. The van der Waals surface area contributed by atoms with Gasteiger partial charge in [0.05, 0.1) is 12.7 Å². The van der Waals surface area contributed by atoms with Gasteiger partial charge in [0.2, 0.25) is 5.91 Å². The van der Waals surface area contributed by atoms with Gasteiger partial charge in [-0.1, -0.05) is 54.6 Å². The Hall–Kier alpha value is -4.86. The lowest BCUT2D eigenvalue weighted by Gasteiger charge is -2.23. The molecule has 10 nitrogen and oxygen atoms in total. The summed E-state index contributed by atoms with van der Waals surface area (Å²) in [6.45, 7) is 5.58. The molecule has 42 heavy (non-hydrogen) atoms. The first-order chi connectivity index (χ1) is 20.0. The molecule has 1 atom stereocenters. The predicted octanol–water partition coefficient (Wildman–Crippen LogP) is 5.68. The Kier molecular flexibility index (Phi) is 11.5. The van der Waals surface area contributed by atoms with Crippen molar-refractivity contribution in [3.05, 3.63) is 90.0 Å². The number of ether oxygens (including phenoxy) is 3. The highest BCUT2D eigenvalue weighted by atomic mass is 16.6. The molecule has 3 amide bonds. The zero-order valence-electron chi connectivity index (χ0n) is 24.3. The number of amides is 3. The van der Waals surface area contributed by atoms with E-state index in [1.807, 2.05) is 36.4 Å². The predicted molar refractivity (Wildman–Crippen MR) is 159 cm³/mol. The van der Waals surface area contributed by atoms with E-state index in [1.165, 1.54) is 7.11 Å². The largest absolute Gasteiger partial charge is 0.465 e. The number of hydrogen-bond donors (Lipinski definition) is 3. The molecular formula is C32H37N3O7. The van der Waals surface area contributed by atoms with Crippen molar-refractivity contribution in [1.29, 1.82) is 0 Å². The average molecular weight is 576 g/mol. The van der Waals surface area contributed by atoms with E-state index in [2.05, 4.69) is 16.0 Å². The van der Waals surface area contributed by atoms with Crippen LogP contribution in [-0.4, -0.2) is 49.4 Å². The number of methoxy groups -OCH3 is 1. The number of anilines is 1. The van der Waals surface area contributed by atoms with E-state index in [4.69, 9.17) is 14.2 Å². The van der Waals surface area contributed by atoms with E-state index in [1.54, 1.807) is 63.2 Å². The lowest BCUT2D eigenvalue weighted by atomic mass is 10.0. The first-order valence-corrected chi connectivity index (χ1v) is 13.6. The lowest BCUT2D eigenvalue weighted by molar-refractivity contribution is -0.118. The molecule has 0 fully saturated rings. The van der Waals surface area contributed by atoms with Gasteiger partial charge >= 0.3 is 18.2 Å². The minimum atomic E-state index is -0.926. The third-order valence-electron chi connectivity index (χ3n) is 5.93. The van der Waals surface area contributed by atoms with E-state index in [-0.39, 0.29) is 19.6 Å². The molecule has 222 valence electrons. The van der Waals surface area contributed by atoms with Gasteiger partial charge in [0.1, 0.15) is 18.2 Å². The number of rotatable bonds is 11. The maximum Gasteiger partial charge on any atom is 0.408 e. The standard InChI is InChI=1S/C32H37N3O7/c1-32(2,3)42-31(39)35-27(14-9-19-33-30(38)41-21-22-10-6-5-7-11-22)28(36)34-26-13-8-12-25(20-26)23-15-17-24(18-16-23)29(37)40-4/h5-8,10-13,15-18,20,27H,9,14,19,21H2,1-4H3,(H,33,38)(H,34,36)(H,35,39)/t27-/m0/s1. The van der Waals surface area contributed by atoms with Gasteiger partial charge in [0.25, 0.3) is 0 Å². The van der Waals surface area contributed by atoms with Crippen LogP contribution in [0, 0.1) is 0 Å². The van der Waals surface area contributed by atoms with E-state index >= 15 is 0 Å². The third kappa shape index (κ3) is 10.6. The van der Waals surface area contributed by atoms with Crippen LogP contribution >= 0.6 is 0 Å². The Morgan fingerprint density at radius 2 is 1.55 bits per heavy atom. The minimum Gasteiger partial charge on any atom is -0.465 e. The van der Waals surface area contributed by atoms with Crippen LogP contribution < -0.4 is 16.0 Å². The van der Waals surface area contributed by atoms with Gasteiger partial charge in [-0.05, 0) is 74.6 Å². The van der Waals surface area contributed by atoms with Gasteiger partial charge < -0.3 is 30.2 Å². The van der Waals surface area contributed by atoms with Crippen LogP contribution in [-0.2, 0) is 25.6 Å². The molecule has 0 saturated carbocycles. The average Bonchev–Trinajstić information content (AvgIpc) is 2.97. The summed E-state index contributed by atoms with van der Waals surface area (Å²) in [5.74, 6) is -0.865. The summed E-state index contributed by atoms with van der Waals surface area (Å²) in [6, 6.07) is 22.5. The maximum absolute atomic E-state index is 13.3. The van der Waals surface area contributed by atoms with E-state index in [0.29, 0.717) is 17.7 Å². The zero-order valence-corrected chi connectivity index (χ0v) is 24.3. The van der Waals surface area contributed by atoms with Crippen LogP contribution in [0.1, 0.15) is 49.5 Å². The molecule has 3 aromatic carbocycles. The fourth-order valence-electron chi connectivity index (χ4n) is 3.91. The number of alkyl carbamates (subject to hydrolysis) is 2. The van der Waals surface area contributed by atoms with Crippen molar-refractivity contribution in [2.75, 3.05) is 19.0 Å². The first-order valence-electron chi connectivity index (χ1n) is 13.6. The van der Waals surface area contributed by atoms with Crippen LogP contribution in [0.5, 0.6) is 0 Å². The van der Waals surface area contributed by atoms with Gasteiger partial charge in [0, 0.05) is 12.2 Å². The van der Waals surface area contributed by atoms with Crippen molar-refractivity contribution in [3.8, 4) is 11.1 Å². The highest BCUT2D eigenvalue weighted by molar-refractivity contribution is 5.97. The number of hydrogen-bond acceptors (Lipinski definition) is 7. The number of carbonyl (C=O) groups excluding carboxylic acids is 4. The summed E-state index contributed by atoms with van der Waals surface area (Å²) in [5.41, 5.74) is 2.74. The fraction of sp³-hybridized carbons (Fsp3) is 0.312. The van der Waals surface area contributed by atoms with Crippen LogP contribution in [0.4, 0.5) is 15.3 Å². The van der Waals surface area contributed by atoms with Crippen LogP contribution in [0.3, 0.4) is 0 Å². The van der Waals surface area contributed by atoms with Gasteiger partial charge in [-0.15, -0.1) is 0 Å². The molecule has 0 aromatic heterocycles. The normalized spacial score (nSPS) is 11.5. The quantitative estimate of drug-likeness (QED) is 0.152. The molecule has 3 aromatic rings. The van der Waals surface area contributed by atoms with E-state index < -0.39 is 35.7 Å². The van der Waals surface area contributed by atoms with E-state index in [9.17, 15) is 19.2 Å². The maximum atomic E-state index is 13.3. The van der Waals surface area contributed by atoms with Gasteiger partial charge in [-0.3, -0.25) is 4.79 Å². The zero-order chi connectivity index (χ0) is 30.5. The summed E-state index contributed by atoms with van der Waals surface area (Å²) in [4.78, 5) is 49.5. The van der Waals surface area contributed by atoms with Gasteiger partial charge in [-0.2, -0.15) is 0 Å². The molecule has 0 radical (unpaired) electrons. The molecule has 10 heteroatoms. The summed E-state index contributed by atoms with van der Waals surface area (Å²) < 4.78 is 15.3. The summed E-state index contributed by atoms with van der Waals surface area (Å²) in [6.07, 6.45) is -0.673. The molecule has 0 heterocycles. The Balaban J connectivity index is 1.60. The van der Waals surface area contributed by atoms with Crippen molar-refractivity contribution in [2.24, 2.45) is 0 Å².